The van der Waals surface area contributed by atoms with E-state index in [1.54, 1.807) is 0 Å². The second-order valence-corrected chi connectivity index (χ2v) is 7.99. The Labute approximate surface area is 170 Å². The Balaban J connectivity index is 1.29. The number of benzene rings is 1. The van der Waals surface area contributed by atoms with Crippen molar-refractivity contribution in [1.29, 1.82) is 0 Å². The molecule has 2 aliphatic heterocycles. The zero-order valence-electron chi connectivity index (χ0n) is 16.7. The van der Waals surface area contributed by atoms with Crippen molar-refractivity contribution in [1.82, 2.24) is 19.9 Å². The molecule has 2 atom stereocenters. The van der Waals surface area contributed by atoms with E-state index in [1.165, 1.54) is 11.1 Å². The lowest BCUT2D eigenvalue weighted by molar-refractivity contribution is -0.217. The number of nitrogen functional groups attached to an aromatic ring is 1. The van der Waals surface area contributed by atoms with Gasteiger partial charge in [0.25, 0.3) is 0 Å². The number of nitrogens with zero attached hydrogens (tertiary/aromatic N) is 3. The Morgan fingerprint density at radius 1 is 1.24 bits per heavy atom. The third kappa shape index (κ3) is 3.56. The van der Waals surface area contributed by atoms with E-state index < -0.39 is 0 Å². The summed E-state index contributed by atoms with van der Waals surface area (Å²) in [6, 6.07) is 9.84. The minimum absolute atomic E-state index is 0.354. The summed E-state index contributed by atoms with van der Waals surface area (Å²) in [7, 11) is 0. The molecule has 2 saturated heterocycles. The van der Waals surface area contributed by atoms with Gasteiger partial charge < -0.3 is 20.2 Å². The first-order chi connectivity index (χ1) is 14.2. The number of unbranched alkanes of at least 4 members (excludes halogenated alkanes) is 1. The van der Waals surface area contributed by atoms with E-state index in [1.807, 2.05) is 6.20 Å². The molecule has 0 saturated carbocycles. The molecule has 3 N–H and O–H groups in total. The maximum atomic E-state index is 6.10. The molecule has 1 aromatic carbocycles. The van der Waals surface area contributed by atoms with Crippen molar-refractivity contribution in [2.45, 2.75) is 44.9 Å². The Kier molecular flexibility index (Phi) is 4.85. The van der Waals surface area contributed by atoms with E-state index in [2.05, 4.69) is 51.0 Å². The van der Waals surface area contributed by atoms with Crippen molar-refractivity contribution in [3.8, 4) is 6.01 Å². The number of anilines is 1. The summed E-state index contributed by atoms with van der Waals surface area (Å²) in [5.41, 5.74) is 11.4. The van der Waals surface area contributed by atoms with Crippen molar-refractivity contribution in [3.63, 3.8) is 0 Å². The van der Waals surface area contributed by atoms with Gasteiger partial charge in [0.1, 0.15) is 11.0 Å². The largest absolute Gasteiger partial charge is 0.463 e. The monoisotopic (exact) mass is 393 g/mol. The average molecular weight is 393 g/mol. The highest BCUT2D eigenvalue weighted by Gasteiger charge is 2.46. The summed E-state index contributed by atoms with van der Waals surface area (Å²) in [6.07, 6.45) is 5.28. The van der Waals surface area contributed by atoms with Gasteiger partial charge in [-0.2, -0.15) is 9.97 Å². The van der Waals surface area contributed by atoms with Crippen LogP contribution in [-0.2, 0) is 17.7 Å². The molecule has 7 heteroatoms. The Morgan fingerprint density at radius 2 is 2.07 bits per heavy atom. The molecule has 4 heterocycles. The third-order valence-electron chi connectivity index (χ3n) is 5.94. The first-order valence-electron chi connectivity index (χ1n) is 10.4. The van der Waals surface area contributed by atoms with Gasteiger partial charge in [-0.3, -0.25) is 4.90 Å². The van der Waals surface area contributed by atoms with Crippen LogP contribution in [0.2, 0.25) is 0 Å². The molecule has 0 aliphatic carbocycles. The standard InChI is InChI=1S/C22H27N5O2/c1-2-3-8-28-22-25-19-16(10-24-20(19)21(23)26-22)9-14-4-6-15(7-5-14)11-27-12-18-17(27)13-29-18/h4-7,10,17-18,24H,2-3,8-9,11-13H2,1H3,(H2,23,25,26). The van der Waals surface area contributed by atoms with Gasteiger partial charge in [-0.1, -0.05) is 37.6 Å². The highest BCUT2D eigenvalue weighted by molar-refractivity contribution is 5.87. The van der Waals surface area contributed by atoms with Crippen LogP contribution in [-0.4, -0.2) is 51.8 Å². The predicted molar refractivity (Wildman–Crippen MR) is 112 cm³/mol. The highest BCUT2D eigenvalue weighted by Crippen LogP contribution is 2.31. The summed E-state index contributed by atoms with van der Waals surface area (Å²) < 4.78 is 11.2. The molecule has 29 heavy (non-hydrogen) atoms. The van der Waals surface area contributed by atoms with E-state index in [4.69, 9.17) is 15.2 Å². The van der Waals surface area contributed by atoms with Crippen molar-refractivity contribution in [2.24, 2.45) is 0 Å². The number of fused-ring (bicyclic) bond motifs is 2. The van der Waals surface area contributed by atoms with E-state index in [0.717, 1.165) is 55.6 Å². The lowest BCUT2D eigenvalue weighted by atomic mass is 9.94. The Morgan fingerprint density at radius 3 is 2.76 bits per heavy atom. The molecule has 2 aliphatic rings. The number of ether oxygens (including phenoxy) is 2. The van der Waals surface area contributed by atoms with Gasteiger partial charge in [0.15, 0.2) is 5.82 Å². The number of hydrogen-bond donors (Lipinski definition) is 2. The van der Waals surface area contributed by atoms with Crippen LogP contribution in [0.15, 0.2) is 30.5 Å². The molecule has 7 nitrogen and oxygen atoms in total. The number of aromatic nitrogens is 3. The lowest BCUT2D eigenvalue weighted by Gasteiger charge is -2.55. The number of rotatable bonds is 8. The van der Waals surface area contributed by atoms with Crippen LogP contribution >= 0.6 is 0 Å². The number of nitrogens with two attached hydrogens (primary N) is 1. The number of likely N-dealkylation sites (tertiary alicyclic amines) is 1. The van der Waals surface area contributed by atoms with Gasteiger partial charge in [0.05, 0.1) is 25.4 Å². The van der Waals surface area contributed by atoms with Gasteiger partial charge in [0, 0.05) is 31.3 Å². The Hall–Kier alpha value is -2.64. The minimum atomic E-state index is 0.354. The Bertz CT molecular complexity index is 1000. The number of aromatic amines is 1. The molecular formula is C22H27N5O2. The smallest absolute Gasteiger partial charge is 0.319 e. The normalized spacial score (nSPS) is 20.9. The first kappa shape index (κ1) is 18.4. The van der Waals surface area contributed by atoms with Crippen LogP contribution in [0, 0.1) is 0 Å². The van der Waals surface area contributed by atoms with E-state index in [-0.39, 0.29) is 0 Å². The SMILES string of the molecule is CCCCOc1nc(N)c2[nH]cc(Cc3ccc(CN4CC5OCC54)cc3)c2n1. The van der Waals surface area contributed by atoms with Crippen molar-refractivity contribution >= 4 is 16.9 Å². The molecular weight excluding hydrogens is 366 g/mol. The van der Waals surface area contributed by atoms with Gasteiger partial charge in [0.2, 0.25) is 0 Å². The number of H-pyrrole nitrogens is 1. The second kappa shape index (κ2) is 7.65. The lowest BCUT2D eigenvalue weighted by Crippen LogP contribution is -2.69. The number of morpholine rings is 1. The van der Waals surface area contributed by atoms with Crippen LogP contribution in [0.4, 0.5) is 5.82 Å². The molecule has 152 valence electrons. The van der Waals surface area contributed by atoms with Crippen molar-refractivity contribution in [3.05, 3.63) is 47.2 Å². The predicted octanol–water partition coefficient (Wildman–Crippen LogP) is 2.89. The maximum Gasteiger partial charge on any atom is 0.319 e. The number of nitrogens with one attached hydrogen (secondary N) is 1. The van der Waals surface area contributed by atoms with E-state index >= 15 is 0 Å². The first-order valence-corrected chi connectivity index (χ1v) is 10.4. The molecule has 0 radical (unpaired) electrons. The zero-order chi connectivity index (χ0) is 19.8. The quantitative estimate of drug-likeness (QED) is 0.572. The fourth-order valence-corrected chi connectivity index (χ4v) is 4.03. The van der Waals surface area contributed by atoms with Gasteiger partial charge >= 0.3 is 6.01 Å². The average Bonchev–Trinajstić information content (AvgIpc) is 3.10. The number of hydrogen-bond acceptors (Lipinski definition) is 6. The topological polar surface area (TPSA) is 89.3 Å². The fourth-order valence-electron chi connectivity index (χ4n) is 4.03. The minimum Gasteiger partial charge on any atom is -0.463 e. The van der Waals surface area contributed by atoms with Crippen LogP contribution in [0.3, 0.4) is 0 Å². The molecule has 0 bridgehead atoms. The molecule has 0 spiro atoms. The van der Waals surface area contributed by atoms with Gasteiger partial charge in [-0.15, -0.1) is 0 Å². The summed E-state index contributed by atoms with van der Waals surface area (Å²) in [4.78, 5) is 14.6. The zero-order valence-corrected chi connectivity index (χ0v) is 16.7. The molecule has 0 amide bonds. The fraction of sp³-hybridized carbons (Fsp3) is 0.455. The van der Waals surface area contributed by atoms with Gasteiger partial charge in [-0.25, -0.2) is 0 Å². The molecule has 2 unspecified atom stereocenters. The summed E-state index contributed by atoms with van der Waals surface area (Å²) in [5, 5.41) is 0. The van der Waals surface area contributed by atoms with Crippen LogP contribution < -0.4 is 10.5 Å². The highest BCUT2D eigenvalue weighted by atomic mass is 16.5. The van der Waals surface area contributed by atoms with Crippen molar-refractivity contribution in [2.75, 3.05) is 25.5 Å². The summed E-state index contributed by atoms with van der Waals surface area (Å²) in [5.74, 6) is 0.427. The maximum absolute atomic E-state index is 6.10. The second-order valence-electron chi connectivity index (χ2n) is 7.99. The molecule has 2 fully saturated rings. The van der Waals surface area contributed by atoms with Gasteiger partial charge in [-0.05, 0) is 17.5 Å². The molecule has 5 rings (SSSR count). The molecule has 2 aromatic heterocycles. The van der Waals surface area contributed by atoms with Crippen LogP contribution in [0.25, 0.3) is 11.0 Å². The van der Waals surface area contributed by atoms with Crippen molar-refractivity contribution < 1.29 is 9.47 Å². The van der Waals surface area contributed by atoms with Crippen LogP contribution in [0.1, 0.15) is 36.5 Å². The van der Waals surface area contributed by atoms with Crippen LogP contribution in [0.5, 0.6) is 6.01 Å². The van der Waals surface area contributed by atoms with E-state index in [9.17, 15) is 0 Å². The summed E-state index contributed by atoms with van der Waals surface area (Å²) in [6.45, 7) is 5.68. The molecule has 3 aromatic rings. The third-order valence-corrected chi connectivity index (χ3v) is 5.94. The summed E-state index contributed by atoms with van der Waals surface area (Å²) >= 11 is 0. The van der Waals surface area contributed by atoms with E-state index in [0.29, 0.717) is 30.6 Å².